The molecule has 6 rings (SSSR count). The van der Waals surface area contributed by atoms with Gasteiger partial charge in [-0.2, -0.15) is 0 Å². The van der Waals surface area contributed by atoms with Gasteiger partial charge < -0.3 is 5.11 Å². The summed E-state index contributed by atoms with van der Waals surface area (Å²) >= 11 is 0. The Morgan fingerprint density at radius 2 is 1.96 bits per heavy atom. The summed E-state index contributed by atoms with van der Waals surface area (Å²) in [5.74, 6) is 5.60. The number of hydrogen-bond acceptors (Lipinski definition) is 2. The molecule has 2 nitrogen and oxygen atoms in total. The summed E-state index contributed by atoms with van der Waals surface area (Å²) in [7, 11) is 0. The van der Waals surface area contributed by atoms with E-state index in [1.54, 1.807) is 0 Å². The van der Waals surface area contributed by atoms with Gasteiger partial charge in [0.1, 0.15) is 0 Å². The average Bonchev–Trinajstić information content (AvgIpc) is 3.49. The van der Waals surface area contributed by atoms with E-state index in [1.807, 2.05) is 0 Å². The lowest BCUT2D eigenvalue weighted by Gasteiger charge is -2.60. The normalized spacial score (nSPS) is 61.6. The smallest absolute Gasteiger partial charge is 0.155 e. The van der Waals surface area contributed by atoms with E-state index in [2.05, 4.69) is 26.8 Å². The molecule has 6 aliphatic rings. The zero-order valence-corrected chi connectivity index (χ0v) is 16.6. The summed E-state index contributed by atoms with van der Waals surface area (Å²) in [5, 5.41) is 11.8. The average molecular weight is 355 g/mol. The van der Waals surface area contributed by atoms with Crippen molar-refractivity contribution < 1.29 is 9.90 Å². The number of carbonyl (C=O) groups excluding carboxylic acids is 1. The highest BCUT2D eigenvalue weighted by molar-refractivity contribution is 5.92. The molecule has 142 valence electrons. The predicted octanol–water partition coefficient (Wildman–Crippen LogP) is 4.76. The molecule has 6 unspecified atom stereocenters. The number of carbonyl (C=O) groups is 1. The second kappa shape index (κ2) is 4.67. The molecule has 0 aromatic heterocycles. The second-order valence-electron chi connectivity index (χ2n) is 11.3. The van der Waals surface area contributed by atoms with E-state index < -0.39 is 5.60 Å². The predicted molar refractivity (Wildman–Crippen MR) is 101 cm³/mol. The highest BCUT2D eigenvalue weighted by Crippen LogP contribution is 2.81. The third kappa shape index (κ3) is 1.64. The lowest BCUT2D eigenvalue weighted by molar-refractivity contribution is -0.154. The molecule has 5 fully saturated rings. The Morgan fingerprint density at radius 1 is 1.15 bits per heavy atom. The van der Waals surface area contributed by atoms with Crippen LogP contribution in [0.15, 0.2) is 11.6 Å². The van der Waals surface area contributed by atoms with Gasteiger partial charge in [0.25, 0.3) is 0 Å². The molecule has 0 radical (unpaired) electrons. The van der Waals surface area contributed by atoms with Crippen molar-refractivity contribution in [1.82, 2.24) is 0 Å². The molecule has 0 spiro atoms. The van der Waals surface area contributed by atoms with E-state index in [1.165, 1.54) is 31.3 Å². The summed E-state index contributed by atoms with van der Waals surface area (Å²) in [6.45, 7) is 7.20. The van der Waals surface area contributed by atoms with Crippen molar-refractivity contribution in [2.45, 2.75) is 77.7 Å². The Balaban J connectivity index is 1.43. The van der Waals surface area contributed by atoms with E-state index in [0.29, 0.717) is 17.6 Å². The maximum Gasteiger partial charge on any atom is 0.155 e. The van der Waals surface area contributed by atoms with Crippen molar-refractivity contribution in [3.8, 4) is 0 Å². The molecule has 2 heteroatoms. The number of rotatable bonds is 2. The number of aliphatic hydroxyl groups is 1. The molecular weight excluding hydrogens is 320 g/mol. The van der Waals surface area contributed by atoms with E-state index >= 15 is 0 Å². The molecule has 0 aromatic rings. The number of hydrogen-bond donors (Lipinski definition) is 1. The van der Waals surface area contributed by atoms with Gasteiger partial charge in [-0.15, -0.1) is 0 Å². The Hall–Kier alpha value is -0.630. The van der Waals surface area contributed by atoms with Crippen LogP contribution in [-0.2, 0) is 4.79 Å². The molecule has 0 amide bonds. The summed E-state index contributed by atoms with van der Waals surface area (Å²) in [5.41, 5.74) is 1.56. The molecule has 0 heterocycles. The van der Waals surface area contributed by atoms with Gasteiger partial charge in [0, 0.05) is 6.42 Å². The Morgan fingerprint density at radius 3 is 2.73 bits per heavy atom. The van der Waals surface area contributed by atoms with Crippen LogP contribution in [0.4, 0.5) is 0 Å². The summed E-state index contributed by atoms with van der Waals surface area (Å²) in [4.78, 5) is 12.1. The molecule has 0 aliphatic heterocycles. The van der Waals surface area contributed by atoms with Crippen molar-refractivity contribution >= 4 is 5.78 Å². The first kappa shape index (κ1) is 16.3. The van der Waals surface area contributed by atoms with Gasteiger partial charge in [-0.05, 0) is 96.9 Å². The molecule has 26 heavy (non-hydrogen) atoms. The molecule has 1 N–H and O–H groups in total. The van der Waals surface area contributed by atoms with Crippen LogP contribution in [0.5, 0.6) is 0 Å². The van der Waals surface area contributed by atoms with E-state index in [9.17, 15) is 9.90 Å². The van der Waals surface area contributed by atoms with Crippen molar-refractivity contribution in [2.24, 2.45) is 52.3 Å². The van der Waals surface area contributed by atoms with Crippen LogP contribution in [0.3, 0.4) is 0 Å². The van der Waals surface area contributed by atoms with Gasteiger partial charge in [-0.1, -0.05) is 32.8 Å². The maximum atomic E-state index is 12.1. The number of fused-ring (bicyclic) bond motifs is 10. The van der Waals surface area contributed by atoms with Crippen molar-refractivity contribution in [2.75, 3.05) is 0 Å². The van der Waals surface area contributed by atoms with Gasteiger partial charge in [-0.25, -0.2) is 0 Å². The van der Waals surface area contributed by atoms with Crippen molar-refractivity contribution in [3.05, 3.63) is 11.6 Å². The van der Waals surface area contributed by atoms with Crippen LogP contribution in [0.25, 0.3) is 0 Å². The zero-order chi connectivity index (χ0) is 18.1. The van der Waals surface area contributed by atoms with Crippen LogP contribution >= 0.6 is 0 Å². The summed E-state index contributed by atoms with van der Waals surface area (Å²) in [6, 6.07) is 0. The lowest BCUT2D eigenvalue weighted by atomic mass is 9.45. The largest absolute Gasteiger partial charge is 0.389 e. The molecule has 0 aromatic carbocycles. The highest BCUT2D eigenvalue weighted by atomic mass is 16.3. The third-order valence-corrected chi connectivity index (χ3v) is 10.5. The molecule has 0 bridgehead atoms. The fourth-order valence-electron chi connectivity index (χ4n) is 9.36. The Bertz CT molecular complexity index is 724. The fourth-order valence-corrected chi connectivity index (χ4v) is 9.36. The second-order valence-corrected chi connectivity index (χ2v) is 11.3. The van der Waals surface area contributed by atoms with Gasteiger partial charge in [0.2, 0.25) is 0 Å². The summed E-state index contributed by atoms with van der Waals surface area (Å²) < 4.78 is 0. The number of ketones is 1. The first-order valence-corrected chi connectivity index (χ1v) is 11.3. The van der Waals surface area contributed by atoms with E-state index in [4.69, 9.17) is 0 Å². The maximum absolute atomic E-state index is 12.1. The van der Waals surface area contributed by atoms with Gasteiger partial charge in [0.15, 0.2) is 5.78 Å². The van der Waals surface area contributed by atoms with Gasteiger partial charge >= 0.3 is 0 Å². The lowest BCUT2D eigenvalue weighted by Crippen LogP contribution is -2.57. The summed E-state index contributed by atoms with van der Waals surface area (Å²) in [6.07, 6.45) is 11.1. The van der Waals surface area contributed by atoms with Crippen molar-refractivity contribution in [3.63, 3.8) is 0 Å². The molecule has 0 saturated heterocycles. The SMILES string of the molecule is CCC[C@]1(O)C2CC2C2C3C4C[C@H]4C4=CC(=O)CC[C@]4(C)C3CC[C@@]21C. The minimum Gasteiger partial charge on any atom is -0.389 e. The standard InChI is InChI=1S/C24H34O2/c1-4-7-24(26)19-12-16(19)21-20-15-11-14(15)18-10-13(25)5-8-22(18,2)17(20)6-9-23(21,24)3/h10,14-17,19-21,26H,4-9,11-12H2,1-3H3/t14-,15?,16?,17?,19?,20?,21?,22-,23+,24+/m1/s1. The van der Waals surface area contributed by atoms with Crippen LogP contribution in [0.2, 0.25) is 0 Å². The Labute approximate surface area is 157 Å². The quantitative estimate of drug-likeness (QED) is 0.776. The fraction of sp³-hybridized carbons (Fsp3) is 0.875. The van der Waals surface area contributed by atoms with E-state index in [-0.39, 0.29) is 10.8 Å². The molecule has 10 atom stereocenters. The molecule has 6 aliphatic carbocycles. The van der Waals surface area contributed by atoms with Gasteiger partial charge in [-0.3, -0.25) is 4.79 Å². The monoisotopic (exact) mass is 354 g/mol. The van der Waals surface area contributed by atoms with Crippen LogP contribution in [-0.4, -0.2) is 16.5 Å². The van der Waals surface area contributed by atoms with Crippen LogP contribution in [0, 0.1) is 52.3 Å². The van der Waals surface area contributed by atoms with Crippen molar-refractivity contribution in [1.29, 1.82) is 0 Å². The Kier molecular flexibility index (Phi) is 2.94. The highest BCUT2D eigenvalue weighted by Gasteiger charge is 2.78. The minimum atomic E-state index is -0.397. The molecule has 5 saturated carbocycles. The first-order chi connectivity index (χ1) is 12.3. The van der Waals surface area contributed by atoms with Gasteiger partial charge in [0.05, 0.1) is 5.60 Å². The molecular formula is C24H34O2. The van der Waals surface area contributed by atoms with Crippen LogP contribution in [0.1, 0.15) is 72.1 Å². The third-order valence-electron chi connectivity index (χ3n) is 10.5. The number of allylic oxidation sites excluding steroid dienone is 1. The minimum absolute atomic E-state index is 0.146. The first-order valence-electron chi connectivity index (χ1n) is 11.3. The zero-order valence-electron chi connectivity index (χ0n) is 16.6. The van der Waals surface area contributed by atoms with Crippen LogP contribution < -0.4 is 0 Å². The van der Waals surface area contributed by atoms with E-state index in [0.717, 1.165) is 55.3 Å². The topological polar surface area (TPSA) is 37.3 Å².